The van der Waals surface area contributed by atoms with E-state index in [1.807, 2.05) is 20.8 Å². The van der Waals surface area contributed by atoms with Crippen molar-refractivity contribution in [3.8, 4) is 0 Å². The van der Waals surface area contributed by atoms with Gasteiger partial charge in [0.1, 0.15) is 11.6 Å². The molecule has 2 bridgehead atoms. The van der Waals surface area contributed by atoms with Crippen LogP contribution in [-0.2, 0) is 19.1 Å². The second kappa shape index (κ2) is 9.17. The Morgan fingerprint density at radius 3 is 2.45 bits per heavy atom. The topological polar surface area (TPSA) is 108 Å². The average molecular weight is 464 g/mol. The number of aliphatic hydroxyl groups is 1. The van der Waals surface area contributed by atoms with Crippen LogP contribution in [0.25, 0.3) is 0 Å². The maximum Gasteiger partial charge on any atom is 0.246 e. The Bertz CT molecular complexity index is 782. The van der Waals surface area contributed by atoms with Crippen molar-refractivity contribution in [1.29, 1.82) is 0 Å². The van der Waals surface area contributed by atoms with Crippen LogP contribution >= 0.6 is 0 Å². The number of nitrogens with one attached hydrogen (secondary N) is 2. The number of ether oxygens (including phenoxy) is 1. The first-order valence-corrected chi connectivity index (χ1v) is 12.9. The van der Waals surface area contributed by atoms with E-state index in [4.69, 9.17) is 4.74 Å². The first-order valence-electron chi connectivity index (χ1n) is 12.9. The molecule has 4 fully saturated rings. The van der Waals surface area contributed by atoms with Gasteiger partial charge in [-0.2, -0.15) is 0 Å². The number of carbonyl (C=O) groups excluding carboxylic acids is 3. The lowest BCUT2D eigenvalue weighted by Gasteiger charge is -2.38. The highest BCUT2D eigenvalue weighted by Crippen LogP contribution is 2.64. The largest absolute Gasteiger partial charge is 0.394 e. The zero-order chi connectivity index (χ0) is 24.0. The number of rotatable bonds is 8. The van der Waals surface area contributed by atoms with Crippen molar-refractivity contribution in [2.24, 2.45) is 17.8 Å². The number of carbonyl (C=O) groups is 3. The number of amides is 3. The van der Waals surface area contributed by atoms with Crippen LogP contribution in [0.1, 0.15) is 78.6 Å². The van der Waals surface area contributed by atoms with Gasteiger partial charge in [0.15, 0.2) is 0 Å². The molecule has 33 heavy (non-hydrogen) atoms. The van der Waals surface area contributed by atoms with Gasteiger partial charge in [-0.25, -0.2) is 0 Å². The Kier molecular flexibility index (Phi) is 6.80. The molecule has 3 saturated heterocycles. The lowest BCUT2D eigenvalue weighted by atomic mass is 9.65. The Labute approximate surface area is 197 Å². The van der Waals surface area contributed by atoms with Crippen molar-refractivity contribution in [3.63, 3.8) is 0 Å². The second-order valence-electron chi connectivity index (χ2n) is 11.0. The number of nitrogens with zero attached hydrogens (tertiary/aromatic N) is 1. The molecule has 3 aliphatic heterocycles. The minimum atomic E-state index is -1.02. The smallest absolute Gasteiger partial charge is 0.246 e. The van der Waals surface area contributed by atoms with Crippen molar-refractivity contribution < 1.29 is 24.2 Å². The molecule has 0 radical (unpaired) electrons. The van der Waals surface area contributed by atoms with Crippen LogP contribution in [0.5, 0.6) is 0 Å². The Hall–Kier alpha value is -1.67. The highest BCUT2D eigenvalue weighted by atomic mass is 16.5. The third-order valence-corrected chi connectivity index (χ3v) is 8.70. The van der Waals surface area contributed by atoms with Gasteiger partial charge in [0.05, 0.1) is 30.1 Å². The van der Waals surface area contributed by atoms with Gasteiger partial charge in [-0.1, -0.05) is 40.0 Å². The van der Waals surface area contributed by atoms with E-state index in [0.717, 1.165) is 25.7 Å². The van der Waals surface area contributed by atoms with Gasteiger partial charge < -0.3 is 25.4 Å². The molecule has 1 saturated carbocycles. The van der Waals surface area contributed by atoms with Gasteiger partial charge in [0, 0.05) is 13.1 Å². The summed E-state index contributed by atoms with van der Waals surface area (Å²) in [5.41, 5.74) is -1.74. The molecule has 8 heteroatoms. The number of hydrogen-bond donors (Lipinski definition) is 3. The van der Waals surface area contributed by atoms with Crippen LogP contribution in [0.15, 0.2) is 0 Å². The fourth-order valence-corrected chi connectivity index (χ4v) is 7.25. The third-order valence-electron chi connectivity index (χ3n) is 8.70. The molecule has 4 aliphatic rings. The van der Waals surface area contributed by atoms with E-state index in [9.17, 15) is 19.5 Å². The number of fused-ring (bicyclic) bond motifs is 1. The van der Waals surface area contributed by atoms with Crippen LogP contribution in [0.4, 0.5) is 0 Å². The van der Waals surface area contributed by atoms with E-state index < -0.39 is 35.1 Å². The van der Waals surface area contributed by atoms with Crippen LogP contribution in [0, 0.1) is 17.8 Å². The zero-order valence-electron chi connectivity index (χ0n) is 20.6. The molecular weight excluding hydrogens is 422 g/mol. The molecule has 3 amide bonds. The number of hydrogen-bond acceptors (Lipinski definition) is 5. The summed E-state index contributed by atoms with van der Waals surface area (Å²) in [5.74, 6) is -1.69. The highest BCUT2D eigenvalue weighted by molar-refractivity contribution is 5.99. The van der Waals surface area contributed by atoms with Crippen molar-refractivity contribution in [1.82, 2.24) is 15.5 Å². The molecule has 1 spiro atoms. The predicted molar refractivity (Wildman–Crippen MR) is 123 cm³/mol. The van der Waals surface area contributed by atoms with Gasteiger partial charge in [0.25, 0.3) is 0 Å². The van der Waals surface area contributed by atoms with Gasteiger partial charge in [-0.05, 0) is 44.4 Å². The minimum absolute atomic E-state index is 0.102. The summed E-state index contributed by atoms with van der Waals surface area (Å²) in [6.45, 7) is 5.86. The van der Waals surface area contributed by atoms with E-state index in [1.54, 1.807) is 11.9 Å². The van der Waals surface area contributed by atoms with Crippen molar-refractivity contribution in [2.45, 2.75) is 108 Å². The Morgan fingerprint density at radius 2 is 1.88 bits per heavy atom. The zero-order valence-corrected chi connectivity index (χ0v) is 20.6. The third kappa shape index (κ3) is 3.77. The standard InChI is InChI=1S/C25H41N3O5/c1-5-24-11-12-25(33-24)19(18(24)21(30)26-4)23(32)28(17(14-29)13-15(2)3)20(25)22(31)27-16-9-7-6-8-10-16/h15-20,29H,5-14H2,1-4H3,(H,26,30)(H,27,31)/t17-,18+,19+,20?,24-,25?/m1/s1. The Morgan fingerprint density at radius 1 is 1.18 bits per heavy atom. The van der Waals surface area contributed by atoms with E-state index in [2.05, 4.69) is 10.6 Å². The SMILES string of the molecule is CC[C@]12CCC3(O1)C(C(=O)NC1CCCCC1)N([C@@H](CO)CC(C)C)C(=O)[C@@H]3[C@H]2C(=O)NC. The quantitative estimate of drug-likeness (QED) is 0.508. The van der Waals surface area contributed by atoms with Crippen LogP contribution in [0.3, 0.4) is 0 Å². The summed E-state index contributed by atoms with van der Waals surface area (Å²) < 4.78 is 6.71. The summed E-state index contributed by atoms with van der Waals surface area (Å²) >= 11 is 0. The molecule has 186 valence electrons. The molecule has 0 aromatic carbocycles. The average Bonchev–Trinajstić information content (AvgIpc) is 3.41. The van der Waals surface area contributed by atoms with E-state index in [-0.39, 0.29) is 36.3 Å². The lowest BCUT2D eigenvalue weighted by molar-refractivity contribution is -0.151. The maximum absolute atomic E-state index is 14.0. The molecule has 0 aromatic heterocycles. The van der Waals surface area contributed by atoms with Crippen molar-refractivity contribution in [3.05, 3.63) is 0 Å². The van der Waals surface area contributed by atoms with Crippen LogP contribution < -0.4 is 10.6 Å². The summed E-state index contributed by atoms with van der Waals surface area (Å²) in [7, 11) is 1.59. The molecular formula is C25H41N3O5. The molecule has 2 unspecified atom stereocenters. The molecule has 1 aliphatic carbocycles. The summed E-state index contributed by atoms with van der Waals surface area (Å²) in [4.78, 5) is 42.6. The van der Waals surface area contributed by atoms with Gasteiger partial charge in [-0.3, -0.25) is 14.4 Å². The van der Waals surface area contributed by atoms with Crippen LogP contribution in [0.2, 0.25) is 0 Å². The van der Waals surface area contributed by atoms with E-state index >= 15 is 0 Å². The molecule has 4 rings (SSSR count). The summed E-state index contributed by atoms with van der Waals surface area (Å²) in [6, 6.07) is -1.20. The Balaban J connectivity index is 1.75. The van der Waals surface area contributed by atoms with E-state index in [0.29, 0.717) is 25.7 Å². The fourth-order valence-electron chi connectivity index (χ4n) is 7.25. The van der Waals surface area contributed by atoms with Crippen LogP contribution in [-0.4, -0.2) is 70.7 Å². The lowest BCUT2D eigenvalue weighted by Crippen LogP contribution is -2.59. The second-order valence-corrected chi connectivity index (χ2v) is 11.0. The normalized spacial score (nSPS) is 36.8. The number of likely N-dealkylation sites (tertiary alicyclic amines) is 1. The number of aliphatic hydroxyl groups excluding tert-OH is 1. The monoisotopic (exact) mass is 463 g/mol. The van der Waals surface area contributed by atoms with Gasteiger partial charge in [0.2, 0.25) is 17.7 Å². The minimum Gasteiger partial charge on any atom is -0.394 e. The first kappa shape index (κ1) is 24.5. The van der Waals surface area contributed by atoms with Gasteiger partial charge >= 0.3 is 0 Å². The molecule has 3 heterocycles. The molecule has 8 nitrogen and oxygen atoms in total. The molecule has 6 atom stereocenters. The molecule has 3 N–H and O–H groups in total. The predicted octanol–water partition coefficient (Wildman–Crippen LogP) is 1.74. The highest BCUT2D eigenvalue weighted by Gasteiger charge is 2.79. The van der Waals surface area contributed by atoms with Crippen molar-refractivity contribution in [2.75, 3.05) is 13.7 Å². The fraction of sp³-hybridized carbons (Fsp3) is 0.880. The van der Waals surface area contributed by atoms with Crippen molar-refractivity contribution >= 4 is 17.7 Å². The maximum atomic E-state index is 14.0. The first-order chi connectivity index (χ1) is 15.7. The summed E-state index contributed by atoms with van der Waals surface area (Å²) in [5, 5.41) is 16.2. The summed E-state index contributed by atoms with van der Waals surface area (Å²) in [6.07, 6.45) is 7.68. The molecule has 0 aromatic rings. The van der Waals surface area contributed by atoms with E-state index in [1.165, 1.54) is 6.42 Å². The van der Waals surface area contributed by atoms with Gasteiger partial charge in [-0.15, -0.1) is 0 Å².